The molecule has 0 unspecified atom stereocenters. The molecule has 1 aliphatic rings. The maximum absolute atomic E-state index is 13.1. The van der Waals surface area contributed by atoms with Crippen molar-refractivity contribution in [2.75, 3.05) is 6.61 Å². The van der Waals surface area contributed by atoms with Gasteiger partial charge in [0.25, 0.3) is 0 Å². The van der Waals surface area contributed by atoms with E-state index in [2.05, 4.69) is 0 Å². The molecule has 66 valence electrons. The maximum atomic E-state index is 13.1. The lowest BCUT2D eigenvalue weighted by Gasteiger charge is -2.14. The molecular formula is C10H7FO2. The minimum atomic E-state index is -0.364. The first-order chi connectivity index (χ1) is 6.31. The Hall–Kier alpha value is -1.64. The van der Waals surface area contributed by atoms with Crippen molar-refractivity contribution in [3.8, 4) is 5.75 Å². The highest BCUT2D eigenvalue weighted by molar-refractivity contribution is 5.84. The van der Waals surface area contributed by atoms with E-state index in [4.69, 9.17) is 4.74 Å². The molecule has 0 saturated heterocycles. The zero-order valence-corrected chi connectivity index (χ0v) is 6.79. The minimum Gasteiger partial charge on any atom is -0.488 e. The summed E-state index contributed by atoms with van der Waals surface area (Å²) in [5.41, 5.74) is 0.813. The standard InChI is InChI=1S/C10H7FO2/c11-9-2-1-3-10-8(9)4-7(5-12)6-13-10/h1-5H,6H2. The first-order valence-corrected chi connectivity index (χ1v) is 3.88. The zero-order chi connectivity index (χ0) is 9.26. The predicted octanol–water partition coefficient (Wildman–Crippen LogP) is 1.80. The lowest BCUT2D eigenvalue weighted by Crippen LogP contribution is -2.08. The van der Waals surface area contributed by atoms with Gasteiger partial charge in [-0.15, -0.1) is 0 Å². The Labute approximate surface area is 74.6 Å². The van der Waals surface area contributed by atoms with Crippen LogP contribution in [-0.2, 0) is 4.79 Å². The van der Waals surface area contributed by atoms with Gasteiger partial charge in [-0.25, -0.2) is 4.39 Å². The van der Waals surface area contributed by atoms with Crippen molar-refractivity contribution in [1.82, 2.24) is 0 Å². The van der Waals surface area contributed by atoms with Crippen LogP contribution >= 0.6 is 0 Å². The minimum absolute atomic E-state index is 0.222. The van der Waals surface area contributed by atoms with Crippen molar-refractivity contribution in [3.05, 3.63) is 35.2 Å². The number of aldehydes is 1. The molecule has 0 amide bonds. The molecule has 2 rings (SSSR count). The van der Waals surface area contributed by atoms with Gasteiger partial charge in [-0.2, -0.15) is 0 Å². The summed E-state index contributed by atoms with van der Waals surface area (Å²) in [6, 6.07) is 4.59. The van der Waals surface area contributed by atoms with Crippen molar-refractivity contribution >= 4 is 12.4 Å². The second-order valence-corrected chi connectivity index (χ2v) is 2.78. The van der Waals surface area contributed by atoms with Crippen LogP contribution in [-0.4, -0.2) is 12.9 Å². The number of hydrogen-bond donors (Lipinski definition) is 0. The summed E-state index contributed by atoms with van der Waals surface area (Å²) in [5.74, 6) is 0.127. The fourth-order valence-electron chi connectivity index (χ4n) is 1.24. The quantitative estimate of drug-likeness (QED) is 0.613. The van der Waals surface area contributed by atoms with Crippen LogP contribution in [0, 0.1) is 5.82 Å². The predicted molar refractivity (Wildman–Crippen MR) is 45.9 cm³/mol. The Morgan fingerprint density at radius 3 is 3.08 bits per heavy atom. The van der Waals surface area contributed by atoms with Crippen LogP contribution in [0.5, 0.6) is 5.75 Å². The number of rotatable bonds is 1. The van der Waals surface area contributed by atoms with E-state index < -0.39 is 0 Å². The van der Waals surface area contributed by atoms with Crippen LogP contribution in [0.25, 0.3) is 6.08 Å². The largest absolute Gasteiger partial charge is 0.488 e. The summed E-state index contributed by atoms with van der Waals surface area (Å²) in [6.45, 7) is 0.222. The molecule has 1 aliphatic heterocycles. The van der Waals surface area contributed by atoms with Gasteiger partial charge >= 0.3 is 0 Å². The Morgan fingerprint density at radius 1 is 1.46 bits per heavy atom. The normalized spacial score (nSPS) is 14.1. The number of benzene rings is 1. The van der Waals surface area contributed by atoms with E-state index in [-0.39, 0.29) is 12.4 Å². The first kappa shape index (κ1) is 7.98. The highest BCUT2D eigenvalue weighted by atomic mass is 19.1. The monoisotopic (exact) mass is 178 g/mol. The first-order valence-electron chi connectivity index (χ1n) is 3.88. The van der Waals surface area contributed by atoms with Gasteiger partial charge in [-0.05, 0) is 18.2 Å². The van der Waals surface area contributed by atoms with Gasteiger partial charge in [0.1, 0.15) is 24.5 Å². The van der Waals surface area contributed by atoms with Gasteiger partial charge in [-0.1, -0.05) is 6.07 Å². The lowest BCUT2D eigenvalue weighted by atomic mass is 10.1. The van der Waals surface area contributed by atoms with E-state index in [1.165, 1.54) is 12.1 Å². The highest BCUT2D eigenvalue weighted by Crippen LogP contribution is 2.27. The smallest absolute Gasteiger partial charge is 0.149 e. The molecule has 0 saturated carbocycles. The van der Waals surface area contributed by atoms with Gasteiger partial charge in [0.2, 0.25) is 0 Å². The number of carbonyl (C=O) groups is 1. The van der Waals surface area contributed by atoms with Crippen LogP contribution in [0.2, 0.25) is 0 Å². The SMILES string of the molecule is O=CC1=Cc2c(F)cccc2OC1. The van der Waals surface area contributed by atoms with Crippen molar-refractivity contribution in [2.45, 2.75) is 0 Å². The highest BCUT2D eigenvalue weighted by Gasteiger charge is 2.13. The van der Waals surface area contributed by atoms with Crippen molar-refractivity contribution in [2.24, 2.45) is 0 Å². The fraction of sp³-hybridized carbons (Fsp3) is 0.100. The molecule has 0 radical (unpaired) electrons. The number of ether oxygens (including phenoxy) is 1. The number of halogens is 1. The Morgan fingerprint density at radius 2 is 2.31 bits per heavy atom. The molecule has 3 heteroatoms. The van der Waals surface area contributed by atoms with Crippen LogP contribution in [0.4, 0.5) is 4.39 Å². The Balaban J connectivity index is 2.55. The molecule has 1 heterocycles. The van der Waals surface area contributed by atoms with Gasteiger partial charge in [0.15, 0.2) is 0 Å². The third-order valence-electron chi connectivity index (χ3n) is 1.89. The lowest BCUT2D eigenvalue weighted by molar-refractivity contribution is -0.105. The molecule has 0 aromatic heterocycles. The van der Waals surface area contributed by atoms with Crippen molar-refractivity contribution in [1.29, 1.82) is 0 Å². The van der Waals surface area contributed by atoms with Crippen LogP contribution < -0.4 is 4.74 Å². The van der Waals surface area contributed by atoms with E-state index in [9.17, 15) is 9.18 Å². The molecule has 0 fully saturated rings. The molecule has 0 aliphatic carbocycles. The topological polar surface area (TPSA) is 26.3 Å². The maximum Gasteiger partial charge on any atom is 0.149 e. The molecule has 2 nitrogen and oxygen atoms in total. The summed E-state index contributed by atoms with van der Waals surface area (Å²) in [4.78, 5) is 10.4. The fourth-order valence-corrected chi connectivity index (χ4v) is 1.24. The molecule has 0 bridgehead atoms. The summed E-state index contributed by atoms with van der Waals surface area (Å²) >= 11 is 0. The average molecular weight is 178 g/mol. The number of carbonyl (C=O) groups excluding carboxylic acids is 1. The van der Waals surface area contributed by atoms with Gasteiger partial charge in [-0.3, -0.25) is 4.79 Å². The van der Waals surface area contributed by atoms with Crippen LogP contribution in [0.15, 0.2) is 23.8 Å². The van der Waals surface area contributed by atoms with E-state index in [1.807, 2.05) is 0 Å². The second kappa shape index (κ2) is 3.01. The van der Waals surface area contributed by atoms with E-state index in [1.54, 1.807) is 12.1 Å². The van der Waals surface area contributed by atoms with Crippen LogP contribution in [0.1, 0.15) is 5.56 Å². The molecular weight excluding hydrogens is 171 g/mol. The number of hydrogen-bond acceptors (Lipinski definition) is 2. The number of fused-ring (bicyclic) bond motifs is 1. The third kappa shape index (κ3) is 1.33. The van der Waals surface area contributed by atoms with Crippen LogP contribution in [0.3, 0.4) is 0 Å². The second-order valence-electron chi connectivity index (χ2n) is 2.78. The molecule has 0 spiro atoms. The molecule has 0 atom stereocenters. The van der Waals surface area contributed by atoms with E-state index >= 15 is 0 Å². The Kier molecular flexibility index (Phi) is 1.85. The van der Waals surface area contributed by atoms with Crippen molar-refractivity contribution in [3.63, 3.8) is 0 Å². The van der Waals surface area contributed by atoms with E-state index in [0.29, 0.717) is 23.2 Å². The zero-order valence-electron chi connectivity index (χ0n) is 6.79. The molecule has 13 heavy (non-hydrogen) atoms. The summed E-state index contributed by atoms with van der Waals surface area (Å²) in [7, 11) is 0. The van der Waals surface area contributed by atoms with Gasteiger partial charge < -0.3 is 4.74 Å². The molecule has 1 aromatic rings. The average Bonchev–Trinajstić information content (AvgIpc) is 2.18. The van der Waals surface area contributed by atoms with E-state index in [0.717, 1.165) is 0 Å². The summed E-state index contributed by atoms with van der Waals surface area (Å²) in [5, 5.41) is 0. The Bertz CT molecular complexity index is 383. The molecule has 0 N–H and O–H groups in total. The molecule has 1 aromatic carbocycles. The summed E-state index contributed by atoms with van der Waals surface area (Å²) < 4.78 is 18.3. The van der Waals surface area contributed by atoms with Gasteiger partial charge in [0.05, 0.1) is 5.56 Å². The van der Waals surface area contributed by atoms with Gasteiger partial charge in [0, 0.05) is 5.57 Å². The summed E-state index contributed by atoms with van der Waals surface area (Å²) in [6.07, 6.45) is 2.19. The van der Waals surface area contributed by atoms with Crippen molar-refractivity contribution < 1.29 is 13.9 Å². The third-order valence-corrected chi connectivity index (χ3v) is 1.89.